The maximum absolute atomic E-state index is 12.4. The van der Waals surface area contributed by atoms with Crippen molar-refractivity contribution < 1.29 is 9.32 Å². The fourth-order valence-corrected chi connectivity index (χ4v) is 2.07. The first kappa shape index (κ1) is 14.1. The van der Waals surface area contributed by atoms with Crippen LogP contribution in [0.25, 0.3) is 11.3 Å². The molecular formula is C15H11ClN4O2. The second-order valence-electron chi connectivity index (χ2n) is 4.47. The van der Waals surface area contributed by atoms with Crippen molar-refractivity contribution in [2.75, 3.05) is 11.1 Å². The summed E-state index contributed by atoms with van der Waals surface area (Å²) < 4.78 is 4.95. The van der Waals surface area contributed by atoms with E-state index in [9.17, 15) is 4.79 Å². The van der Waals surface area contributed by atoms with E-state index in [0.29, 0.717) is 22.0 Å². The lowest BCUT2D eigenvalue weighted by atomic mass is 10.1. The molecule has 2 heterocycles. The van der Waals surface area contributed by atoms with Gasteiger partial charge in [0.15, 0.2) is 0 Å². The molecule has 0 unspecified atom stereocenters. The third-order valence-corrected chi connectivity index (χ3v) is 3.23. The van der Waals surface area contributed by atoms with Crippen LogP contribution in [0.1, 0.15) is 10.4 Å². The van der Waals surface area contributed by atoms with Gasteiger partial charge in [0.05, 0.1) is 0 Å². The lowest BCUT2D eigenvalue weighted by Crippen LogP contribution is -2.14. The van der Waals surface area contributed by atoms with Gasteiger partial charge in [-0.3, -0.25) is 9.78 Å². The molecular weight excluding hydrogens is 304 g/mol. The van der Waals surface area contributed by atoms with Crippen LogP contribution >= 0.6 is 11.6 Å². The zero-order chi connectivity index (χ0) is 15.5. The van der Waals surface area contributed by atoms with E-state index in [4.69, 9.17) is 21.9 Å². The van der Waals surface area contributed by atoms with Crippen LogP contribution < -0.4 is 11.1 Å². The minimum Gasteiger partial charge on any atom is -0.367 e. The van der Waals surface area contributed by atoms with Gasteiger partial charge in [-0.25, -0.2) is 0 Å². The van der Waals surface area contributed by atoms with Gasteiger partial charge in [-0.1, -0.05) is 16.8 Å². The molecule has 110 valence electrons. The Kier molecular flexibility index (Phi) is 3.76. The van der Waals surface area contributed by atoms with Crippen molar-refractivity contribution in [3.8, 4) is 11.3 Å². The number of anilines is 2. The van der Waals surface area contributed by atoms with Gasteiger partial charge in [0.1, 0.15) is 11.3 Å². The summed E-state index contributed by atoms with van der Waals surface area (Å²) in [4.78, 5) is 16.4. The lowest BCUT2D eigenvalue weighted by Gasteiger charge is -2.05. The van der Waals surface area contributed by atoms with Gasteiger partial charge in [0.25, 0.3) is 5.91 Å². The summed E-state index contributed by atoms with van der Waals surface area (Å²) in [6, 6.07) is 10.2. The summed E-state index contributed by atoms with van der Waals surface area (Å²) in [7, 11) is 0. The van der Waals surface area contributed by atoms with Crippen molar-refractivity contribution in [1.29, 1.82) is 0 Å². The SMILES string of the molecule is Nc1onc(-c2cccnc2)c1C(=O)Nc1ccc(Cl)cc1. The van der Waals surface area contributed by atoms with E-state index in [2.05, 4.69) is 15.5 Å². The molecule has 0 spiro atoms. The number of benzene rings is 1. The number of halogens is 1. The van der Waals surface area contributed by atoms with Crippen LogP contribution in [0.2, 0.25) is 5.02 Å². The molecule has 0 aliphatic heterocycles. The van der Waals surface area contributed by atoms with Crippen molar-refractivity contribution >= 4 is 29.1 Å². The first-order valence-corrected chi connectivity index (χ1v) is 6.75. The molecule has 0 atom stereocenters. The lowest BCUT2D eigenvalue weighted by molar-refractivity contribution is 0.102. The largest absolute Gasteiger partial charge is 0.367 e. The number of carbonyl (C=O) groups excluding carboxylic acids is 1. The number of pyridine rings is 1. The van der Waals surface area contributed by atoms with E-state index >= 15 is 0 Å². The van der Waals surface area contributed by atoms with E-state index in [0.717, 1.165) is 0 Å². The average Bonchev–Trinajstić information content (AvgIpc) is 2.92. The zero-order valence-electron chi connectivity index (χ0n) is 11.3. The second-order valence-corrected chi connectivity index (χ2v) is 4.91. The topological polar surface area (TPSA) is 94.0 Å². The number of nitrogens with zero attached hydrogens (tertiary/aromatic N) is 2. The van der Waals surface area contributed by atoms with E-state index in [1.165, 1.54) is 0 Å². The maximum atomic E-state index is 12.4. The van der Waals surface area contributed by atoms with E-state index in [1.807, 2.05) is 0 Å². The van der Waals surface area contributed by atoms with Crippen molar-refractivity contribution in [2.45, 2.75) is 0 Å². The molecule has 0 fully saturated rings. The van der Waals surface area contributed by atoms with Gasteiger partial charge in [0, 0.05) is 28.7 Å². The number of hydrogen-bond donors (Lipinski definition) is 2. The predicted molar refractivity (Wildman–Crippen MR) is 83.6 cm³/mol. The summed E-state index contributed by atoms with van der Waals surface area (Å²) in [5, 5.41) is 7.15. The summed E-state index contributed by atoms with van der Waals surface area (Å²) in [6.45, 7) is 0. The number of aromatic nitrogens is 2. The molecule has 3 rings (SSSR count). The molecule has 6 nitrogen and oxygen atoms in total. The molecule has 7 heteroatoms. The highest BCUT2D eigenvalue weighted by molar-refractivity contribution is 6.30. The highest BCUT2D eigenvalue weighted by Gasteiger charge is 2.22. The molecule has 0 saturated carbocycles. The van der Waals surface area contributed by atoms with Crippen molar-refractivity contribution in [2.24, 2.45) is 0 Å². The smallest absolute Gasteiger partial charge is 0.263 e. The number of nitrogen functional groups attached to an aromatic ring is 1. The minimum atomic E-state index is -0.417. The Morgan fingerprint density at radius 1 is 1.23 bits per heavy atom. The highest BCUT2D eigenvalue weighted by atomic mass is 35.5. The number of nitrogens with one attached hydrogen (secondary N) is 1. The number of rotatable bonds is 3. The number of carbonyl (C=O) groups is 1. The third kappa shape index (κ3) is 2.77. The monoisotopic (exact) mass is 314 g/mol. The molecule has 3 N–H and O–H groups in total. The Morgan fingerprint density at radius 2 is 2.00 bits per heavy atom. The molecule has 22 heavy (non-hydrogen) atoms. The Labute approximate surface area is 130 Å². The molecule has 0 radical (unpaired) electrons. The zero-order valence-corrected chi connectivity index (χ0v) is 12.0. The van der Waals surface area contributed by atoms with Gasteiger partial charge in [0.2, 0.25) is 5.88 Å². The summed E-state index contributed by atoms with van der Waals surface area (Å²) in [5.41, 5.74) is 7.47. The molecule has 2 aromatic heterocycles. The quantitative estimate of drug-likeness (QED) is 0.774. The summed E-state index contributed by atoms with van der Waals surface area (Å²) in [6.07, 6.45) is 3.21. The van der Waals surface area contributed by atoms with Gasteiger partial charge in [-0.05, 0) is 36.4 Å². The Morgan fingerprint density at radius 3 is 2.68 bits per heavy atom. The highest BCUT2D eigenvalue weighted by Crippen LogP contribution is 2.27. The van der Waals surface area contributed by atoms with E-state index in [-0.39, 0.29) is 11.4 Å². The predicted octanol–water partition coefficient (Wildman–Crippen LogP) is 3.22. The molecule has 1 amide bonds. The van der Waals surface area contributed by atoms with Gasteiger partial charge >= 0.3 is 0 Å². The molecule has 0 saturated heterocycles. The number of hydrogen-bond acceptors (Lipinski definition) is 5. The van der Waals surface area contributed by atoms with Crippen LogP contribution in [-0.2, 0) is 0 Å². The maximum Gasteiger partial charge on any atom is 0.263 e. The Balaban J connectivity index is 1.93. The minimum absolute atomic E-state index is 0.0506. The number of amides is 1. The van der Waals surface area contributed by atoms with Crippen LogP contribution in [0.4, 0.5) is 11.6 Å². The van der Waals surface area contributed by atoms with Crippen LogP contribution in [0, 0.1) is 0 Å². The summed E-state index contributed by atoms with van der Waals surface area (Å²) >= 11 is 5.81. The number of nitrogens with two attached hydrogens (primary N) is 1. The average molecular weight is 315 g/mol. The van der Waals surface area contributed by atoms with Crippen LogP contribution in [-0.4, -0.2) is 16.0 Å². The fraction of sp³-hybridized carbons (Fsp3) is 0. The Bertz CT molecular complexity index is 800. The first-order chi connectivity index (χ1) is 10.6. The van der Waals surface area contributed by atoms with Gasteiger partial charge < -0.3 is 15.6 Å². The fourth-order valence-electron chi connectivity index (χ4n) is 1.95. The van der Waals surface area contributed by atoms with Crippen molar-refractivity contribution in [3.63, 3.8) is 0 Å². The van der Waals surface area contributed by atoms with Crippen LogP contribution in [0.15, 0.2) is 53.3 Å². The first-order valence-electron chi connectivity index (χ1n) is 6.37. The standard InChI is InChI=1S/C15H11ClN4O2/c16-10-3-5-11(6-4-10)19-15(21)12-13(20-22-14(12)17)9-2-1-7-18-8-9/h1-8H,17H2,(H,19,21). The molecule has 0 aliphatic carbocycles. The van der Waals surface area contributed by atoms with Crippen LogP contribution in [0.5, 0.6) is 0 Å². The molecule has 0 bridgehead atoms. The third-order valence-electron chi connectivity index (χ3n) is 2.98. The Hall–Kier alpha value is -2.86. The van der Waals surface area contributed by atoms with E-state index < -0.39 is 5.91 Å². The van der Waals surface area contributed by atoms with Gasteiger partial charge in [-0.15, -0.1) is 0 Å². The van der Waals surface area contributed by atoms with Crippen molar-refractivity contribution in [1.82, 2.24) is 10.1 Å². The second kappa shape index (κ2) is 5.87. The van der Waals surface area contributed by atoms with Crippen molar-refractivity contribution in [3.05, 3.63) is 59.4 Å². The normalized spacial score (nSPS) is 10.4. The van der Waals surface area contributed by atoms with Crippen LogP contribution in [0.3, 0.4) is 0 Å². The van der Waals surface area contributed by atoms with Gasteiger partial charge in [-0.2, -0.15) is 0 Å². The molecule has 1 aromatic carbocycles. The summed E-state index contributed by atoms with van der Waals surface area (Å²) in [5.74, 6) is -0.467. The molecule has 3 aromatic rings. The van der Waals surface area contributed by atoms with E-state index in [1.54, 1.807) is 48.8 Å². The molecule has 0 aliphatic rings.